The largest absolute Gasteiger partial charge is 0.399 e. The van der Waals surface area contributed by atoms with Crippen LogP contribution < -0.4 is 16.8 Å². The van der Waals surface area contributed by atoms with E-state index >= 15 is 0 Å². The molecule has 0 saturated heterocycles. The van der Waals surface area contributed by atoms with Crippen molar-refractivity contribution in [3.8, 4) is 0 Å². The van der Waals surface area contributed by atoms with Crippen LogP contribution in [-0.4, -0.2) is 12.5 Å². The molecule has 1 rings (SSSR count). The number of benzene rings is 1. The minimum Gasteiger partial charge on any atom is -0.399 e. The summed E-state index contributed by atoms with van der Waals surface area (Å²) < 4.78 is 0. The molecule has 0 fully saturated rings. The number of nitrogen functional groups attached to an aromatic ring is 2. The first kappa shape index (κ1) is 15.3. The molecule has 0 spiro atoms. The molecule has 0 aliphatic rings. The van der Waals surface area contributed by atoms with Gasteiger partial charge in [-0.25, -0.2) is 0 Å². The van der Waals surface area contributed by atoms with Crippen molar-refractivity contribution in [3.63, 3.8) is 0 Å². The van der Waals surface area contributed by atoms with Gasteiger partial charge in [-0.2, -0.15) is 0 Å². The average molecular weight is 256 g/mol. The van der Waals surface area contributed by atoms with Gasteiger partial charge in [0.25, 0.3) is 0 Å². The number of hydrogen-bond donors (Lipinski definition) is 3. The predicted octanol–water partition coefficient (Wildman–Crippen LogP) is 1.81. The van der Waals surface area contributed by atoms with E-state index in [1.807, 2.05) is 6.92 Å². The number of halogens is 1. The lowest BCUT2D eigenvalue weighted by atomic mass is 10.1. The molecule has 0 atom stereocenters. The Labute approximate surface area is 107 Å². The smallest absolute Gasteiger partial charge is 0.244 e. The predicted molar refractivity (Wildman–Crippen MR) is 74.8 cm³/mol. The molecule has 1 amide bonds. The lowest BCUT2D eigenvalue weighted by Gasteiger charge is -2.02. The van der Waals surface area contributed by atoms with Crippen LogP contribution in [-0.2, 0) is 4.79 Å². The van der Waals surface area contributed by atoms with Crippen molar-refractivity contribution in [1.29, 1.82) is 0 Å². The minimum absolute atomic E-state index is 0. The molecule has 5 N–H and O–H groups in total. The maximum atomic E-state index is 11.3. The van der Waals surface area contributed by atoms with Crippen LogP contribution in [0.4, 0.5) is 11.4 Å². The van der Waals surface area contributed by atoms with Crippen LogP contribution >= 0.6 is 12.4 Å². The second-order valence-electron chi connectivity index (χ2n) is 3.51. The van der Waals surface area contributed by atoms with Gasteiger partial charge in [0.2, 0.25) is 5.91 Å². The Bertz CT molecular complexity index is 405. The first-order valence-electron chi connectivity index (χ1n) is 5.24. The molecule has 94 valence electrons. The van der Waals surface area contributed by atoms with E-state index in [2.05, 4.69) is 5.32 Å². The zero-order chi connectivity index (χ0) is 12.0. The fourth-order valence-electron chi connectivity index (χ4n) is 1.21. The maximum Gasteiger partial charge on any atom is 0.244 e. The van der Waals surface area contributed by atoms with Gasteiger partial charge < -0.3 is 16.8 Å². The highest BCUT2D eigenvalue weighted by Gasteiger charge is 1.97. The van der Waals surface area contributed by atoms with Gasteiger partial charge in [-0.3, -0.25) is 4.79 Å². The Morgan fingerprint density at radius 3 is 2.76 bits per heavy atom. The normalized spacial score (nSPS) is 9.94. The van der Waals surface area contributed by atoms with Crippen molar-refractivity contribution in [3.05, 3.63) is 29.8 Å². The maximum absolute atomic E-state index is 11.3. The quantitative estimate of drug-likeness (QED) is 0.567. The zero-order valence-electron chi connectivity index (χ0n) is 9.77. The minimum atomic E-state index is -0.122. The summed E-state index contributed by atoms with van der Waals surface area (Å²) in [7, 11) is 0. The third-order valence-electron chi connectivity index (χ3n) is 2.07. The summed E-state index contributed by atoms with van der Waals surface area (Å²) in [5, 5.41) is 2.74. The van der Waals surface area contributed by atoms with E-state index < -0.39 is 0 Å². The summed E-state index contributed by atoms with van der Waals surface area (Å²) in [6.07, 6.45) is 4.04. The lowest BCUT2D eigenvalue weighted by Crippen LogP contribution is -2.21. The number of rotatable bonds is 4. The van der Waals surface area contributed by atoms with E-state index in [0.717, 1.165) is 12.0 Å². The van der Waals surface area contributed by atoms with E-state index in [1.54, 1.807) is 24.3 Å². The highest BCUT2D eigenvalue weighted by Crippen LogP contribution is 2.16. The molecule has 0 aromatic heterocycles. The highest BCUT2D eigenvalue weighted by atomic mass is 35.5. The van der Waals surface area contributed by atoms with Gasteiger partial charge in [-0.05, 0) is 36.3 Å². The van der Waals surface area contributed by atoms with Gasteiger partial charge in [0, 0.05) is 24.0 Å². The highest BCUT2D eigenvalue weighted by molar-refractivity contribution is 5.92. The third-order valence-corrected chi connectivity index (χ3v) is 2.07. The van der Waals surface area contributed by atoms with Crippen LogP contribution in [0.5, 0.6) is 0 Å². The number of anilines is 2. The summed E-state index contributed by atoms with van der Waals surface area (Å²) in [5.74, 6) is -0.122. The van der Waals surface area contributed by atoms with Crippen molar-refractivity contribution >= 4 is 35.8 Å². The van der Waals surface area contributed by atoms with Crippen molar-refractivity contribution in [2.45, 2.75) is 13.3 Å². The summed E-state index contributed by atoms with van der Waals surface area (Å²) in [4.78, 5) is 11.3. The van der Waals surface area contributed by atoms with Crippen molar-refractivity contribution in [2.75, 3.05) is 18.0 Å². The molecule has 1 aromatic carbocycles. The van der Waals surface area contributed by atoms with Crippen LogP contribution in [0.15, 0.2) is 24.3 Å². The van der Waals surface area contributed by atoms with Gasteiger partial charge in [0.1, 0.15) is 0 Å². The second kappa shape index (κ2) is 7.57. The molecule has 5 heteroatoms. The summed E-state index contributed by atoms with van der Waals surface area (Å²) in [5.41, 5.74) is 13.4. The van der Waals surface area contributed by atoms with Crippen LogP contribution in [0.3, 0.4) is 0 Å². The zero-order valence-corrected chi connectivity index (χ0v) is 10.6. The lowest BCUT2D eigenvalue weighted by molar-refractivity contribution is -0.116. The Morgan fingerprint density at radius 1 is 1.41 bits per heavy atom. The number of nitrogens with two attached hydrogens (primary N) is 2. The van der Waals surface area contributed by atoms with E-state index in [4.69, 9.17) is 11.5 Å². The fraction of sp³-hybridized carbons (Fsp3) is 0.250. The van der Waals surface area contributed by atoms with Crippen LogP contribution in [0.1, 0.15) is 18.9 Å². The summed E-state index contributed by atoms with van der Waals surface area (Å²) in [6.45, 7) is 2.68. The van der Waals surface area contributed by atoms with Crippen LogP contribution in [0.25, 0.3) is 6.08 Å². The number of carbonyl (C=O) groups excluding carboxylic acids is 1. The summed E-state index contributed by atoms with van der Waals surface area (Å²) >= 11 is 0. The van der Waals surface area contributed by atoms with Gasteiger partial charge in [-0.1, -0.05) is 6.92 Å². The number of hydrogen-bond acceptors (Lipinski definition) is 3. The topological polar surface area (TPSA) is 81.1 Å². The molecule has 0 radical (unpaired) electrons. The first-order chi connectivity index (χ1) is 7.63. The third kappa shape index (κ3) is 5.26. The molecule has 0 bridgehead atoms. The van der Waals surface area contributed by atoms with Crippen LogP contribution in [0.2, 0.25) is 0 Å². The molecular weight excluding hydrogens is 238 g/mol. The standard InChI is InChI=1S/C12H17N3O.ClH/c1-2-7-15-12(16)6-3-9-8-10(13)4-5-11(9)14;/h3-6,8H,2,7,13-14H2,1H3,(H,15,16);1H. The molecule has 0 aliphatic heterocycles. The molecule has 1 aromatic rings. The van der Waals surface area contributed by atoms with Gasteiger partial charge in [0.05, 0.1) is 0 Å². The van der Waals surface area contributed by atoms with Crippen LogP contribution in [0, 0.1) is 0 Å². The van der Waals surface area contributed by atoms with Gasteiger partial charge in [0.15, 0.2) is 0 Å². The van der Waals surface area contributed by atoms with Crippen molar-refractivity contribution < 1.29 is 4.79 Å². The number of nitrogens with one attached hydrogen (secondary N) is 1. The molecule has 17 heavy (non-hydrogen) atoms. The Balaban J connectivity index is 0.00000256. The molecule has 0 saturated carbocycles. The van der Waals surface area contributed by atoms with E-state index in [1.165, 1.54) is 6.08 Å². The second-order valence-corrected chi connectivity index (χ2v) is 3.51. The number of carbonyl (C=O) groups is 1. The van der Waals surface area contributed by atoms with E-state index in [-0.39, 0.29) is 18.3 Å². The van der Waals surface area contributed by atoms with E-state index in [0.29, 0.717) is 17.9 Å². The Hall–Kier alpha value is -1.68. The molecular formula is C12H18ClN3O. The Kier molecular flexibility index (Phi) is 6.82. The van der Waals surface area contributed by atoms with Crippen molar-refractivity contribution in [2.24, 2.45) is 0 Å². The number of amides is 1. The Morgan fingerprint density at radius 2 is 2.12 bits per heavy atom. The SMILES string of the molecule is CCCNC(=O)C=Cc1cc(N)ccc1N.Cl. The molecule has 0 aliphatic carbocycles. The molecule has 0 unspecified atom stereocenters. The van der Waals surface area contributed by atoms with Gasteiger partial charge >= 0.3 is 0 Å². The summed E-state index contributed by atoms with van der Waals surface area (Å²) in [6, 6.07) is 5.18. The molecule has 4 nitrogen and oxygen atoms in total. The average Bonchev–Trinajstić information content (AvgIpc) is 2.27. The van der Waals surface area contributed by atoms with Gasteiger partial charge in [-0.15, -0.1) is 12.4 Å². The van der Waals surface area contributed by atoms with E-state index in [9.17, 15) is 4.79 Å². The van der Waals surface area contributed by atoms with Crippen molar-refractivity contribution in [1.82, 2.24) is 5.32 Å². The fourth-order valence-corrected chi connectivity index (χ4v) is 1.21. The monoisotopic (exact) mass is 255 g/mol. The first-order valence-corrected chi connectivity index (χ1v) is 5.24. The molecule has 0 heterocycles.